The highest BCUT2D eigenvalue weighted by Gasteiger charge is 2.14. The number of carbonyl (C=O) groups excluding carboxylic acids is 2. The van der Waals surface area contributed by atoms with Crippen molar-refractivity contribution < 1.29 is 14.3 Å². The van der Waals surface area contributed by atoms with Crippen LogP contribution in [0.3, 0.4) is 0 Å². The summed E-state index contributed by atoms with van der Waals surface area (Å²) >= 11 is 6.09. The third-order valence-electron chi connectivity index (χ3n) is 3.08. The topological polar surface area (TPSA) is 58.6 Å². The average Bonchev–Trinajstić information content (AvgIpc) is 2.42. The number of nitrogens with one attached hydrogen (secondary N) is 1. The van der Waals surface area contributed by atoms with Crippen LogP contribution in [0.4, 0.5) is 5.69 Å². The highest BCUT2D eigenvalue weighted by molar-refractivity contribution is 6.32. The monoisotopic (exact) mass is 326 g/mol. The molecule has 122 valence electrons. The molecule has 0 bridgehead atoms. The van der Waals surface area contributed by atoms with Crippen molar-refractivity contribution in [2.24, 2.45) is 5.92 Å². The van der Waals surface area contributed by atoms with Crippen LogP contribution in [0.5, 0.6) is 5.75 Å². The van der Waals surface area contributed by atoms with Crippen LogP contribution < -0.4 is 15.0 Å². The SMILES string of the molecule is COc1ccc(N(CCNC(=O)CC(C)C)C(C)=O)cc1Cl. The number of ether oxygens (including phenoxy) is 1. The molecule has 0 fully saturated rings. The molecular weight excluding hydrogens is 304 g/mol. The van der Waals surface area contributed by atoms with Crippen LogP contribution in [0.2, 0.25) is 5.02 Å². The molecule has 1 aromatic rings. The smallest absolute Gasteiger partial charge is 0.223 e. The van der Waals surface area contributed by atoms with Crippen molar-refractivity contribution in [2.45, 2.75) is 27.2 Å². The van der Waals surface area contributed by atoms with Gasteiger partial charge in [-0.25, -0.2) is 0 Å². The van der Waals surface area contributed by atoms with E-state index in [1.165, 1.54) is 14.0 Å². The van der Waals surface area contributed by atoms with Crippen LogP contribution in [0.1, 0.15) is 27.2 Å². The minimum atomic E-state index is -0.112. The number of nitrogens with zero attached hydrogens (tertiary/aromatic N) is 1. The molecular formula is C16H23ClN2O3. The molecule has 0 atom stereocenters. The summed E-state index contributed by atoms with van der Waals surface area (Å²) in [5.74, 6) is 0.745. The van der Waals surface area contributed by atoms with Gasteiger partial charge in [0.25, 0.3) is 0 Å². The van der Waals surface area contributed by atoms with Crippen molar-refractivity contribution in [2.75, 3.05) is 25.1 Å². The van der Waals surface area contributed by atoms with Crippen LogP contribution in [0.25, 0.3) is 0 Å². The Morgan fingerprint density at radius 2 is 2.05 bits per heavy atom. The fourth-order valence-corrected chi connectivity index (χ4v) is 2.29. The Kier molecular flexibility index (Phi) is 7.18. The second-order valence-electron chi connectivity index (χ2n) is 5.44. The number of carbonyl (C=O) groups is 2. The summed E-state index contributed by atoms with van der Waals surface area (Å²) in [6, 6.07) is 5.16. The number of halogens is 1. The fourth-order valence-electron chi connectivity index (χ4n) is 2.04. The van der Waals surface area contributed by atoms with Gasteiger partial charge in [0.05, 0.1) is 12.1 Å². The van der Waals surface area contributed by atoms with Gasteiger partial charge in [0.2, 0.25) is 11.8 Å². The molecule has 0 saturated heterocycles. The fraction of sp³-hybridized carbons (Fsp3) is 0.500. The van der Waals surface area contributed by atoms with Gasteiger partial charge in [-0.1, -0.05) is 25.4 Å². The molecule has 0 unspecified atom stereocenters. The molecule has 0 aromatic heterocycles. The van der Waals surface area contributed by atoms with E-state index in [9.17, 15) is 9.59 Å². The number of methoxy groups -OCH3 is 1. The summed E-state index contributed by atoms with van der Waals surface area (Å²) in [6.07, 6.45) is 0.481. The van der Waals surface area contributed by atoms with Crippen LogP contribution in [-0.2, 0) is 9.59 Å². The van der Waals surface area contributed by atoms with Crippen LogP contribution in [-0.4, -0.2) is 32.0 Å². The van der Waals surface area contributed by atoms with E-state index < -0.39 is 0 Å². The molecule has 2 amide bonds. The Hall–Kier alpha value is -1.75. The lowest BCUT2D eigenvalue weighted by atomic mass is 10.1. The molecule has 1 aromatic carbocycles. The first-order valence-corrected chi connectivity index (χ1v) is 7.61. The van der Waals surface area contributed by atoms with Crippen molar-refractivity contribution in [3.8, 4) is 5.75 Å². The number of rotatable bonds is 7. The molecule has 0 heterocycles. The quantitative estimate of drug-likeness (QED) is 0.838. The second-order valence-corrected chi connectivity index (χ2v) is 5.84. The third kappa shape index (κ3) is 5.56. The molecule has 0 aliphatic rings. The Bertz CT molecular complexity index is 532. The largest absolute Gasteiger partial charge is 0.495 e. The Balaban J connectivity index is 2.68. The number of hydrogen-bond donors (Lipinski definition) is 1. The zero-order chi connectivity index (χ0) is 16.7. The van der Waals surface area contributed by atoms with Gasteiger partial charge in [0, 0.05) is 32.1 Å². The van der Waals surface area contributed by atoms with E-state index in [0.29, 0.717) is 41.9 Å². The van der Waals surface area contributed by atoms with Crippen molar-refractivity contribution in [1.82, 2.24) is 5.32 Å². The summed E-state index contributed by atoms with van der Waals surface area (Å²) in [5, 5.41) is 3.26. The average molecular weight is 327 g/mol. The third-order valence-corrected chi connectivity index (χ3v) is 3.37. The first-order chi connectivity index (χ1) is 10.3. The van der Waals surface area contributed by atoms with E-state index in [4.69, 9.17) is 16.3 Å². The van der Waals surface area contributed by atoms with Crippen LogP contribution >= 0.6 is 11.6 Å². The standard InChI is InChI=1S/C16H23ClN2O3/c1-11(2)9-16(21)18-7-8-19(12(3)20)13-5-6-15(22-4)14(17)10-13/h5-6,10-11H,7-9H2,1-4H3,(H,18,21). The predicted molar refractivity (Wildman–Crippen MR) is 88.5 cm³/mol. The van der Waals surface area contributed by atoms with E-state index >= 15 is 0 Å². The van der Waals surface area contributed by atoms with Crippen LogP contribution in [0, 0.1) is 5.92 Å². The second kappa shape index (κ2) is 8.63. The van der Waals surface area contributed by atoms with Gasteiger partial charge in [0.1, 0.15) is 5.75 Å². The zero-order valence-corrected chi connectivity index (χ0v) is 14.2. The lowest BCUT2D eigenvalue weighted by Crippen LogP contribution is -2.37. The van der Waals surface area contributed by atoms with Crippen LogP contribution in [0.15, 0.2) is 18.2 Å². The Morgan fingerprint density at radius 1 is 1.36 bits per heavy atom. The lowest BCUT2D eigenvalue weighted by molar-refractivity contribution is -0.122. The summed E-state index contributed by atoms with van der Waals surface area (Å²) < 4.78 is 5.10. The highest BCUT2D eigenvalue weighted by atomic mass is 35.5. The maximum absolute atomic E-state index is 11.8. The molecule has 6 heteroatoms. The maximum atomic E-state index is 11.8. The number of benzene rings is 1. The van der Waals surface area contributed by atoms with Gasteiger partial charge in [-0.3, -0.25) is 9.59 Å². The number of hydrogen-bond acceptors (Lipinski definition) is 3. The van der Waals surface area contributed by atoms with E-state index in [2.05, 4.69) is 5.32 Å². The van der Waals surface area contributed by atoms with Crippen molar-refractivity contribution in [3.05, 3.63) is 23.2 Å². The molecule has 1 rings (SSSR count). The van der Waals surface area contributed by atoms with Gasteiger partial charge >= 0.3 is 0 Å². The minimum Gasteiger partial charge on any atom is -0.495 e. The molecule has 0 aliphatic carbocycles. The van der Waals surface area contributed by atoms with Gasteiger partial charge in [0.15, 0.2) is 0 Å². The molecule has 0 spiro atoms. The molecule has 1 N–H and O–H groups in total. The molecule has 0 aliphatic heterocycles. The number of anilines is 1. The first kappa shape index (κ1) is 18.3. The predicted octanol–water partition coefficient (Wildman–Crippen LogP) is 2.86. The van der Waals surface area contributed by atoms with Gasteiger partial charge in [-0.05, 0) is 24.1 Å². The van der Waals surface area contributed by atoms with Crippen molar-refractivity contribution in [1.29, 1.82) is 0 Å². The van der Waals surface area contributed by atoms with E-state index in [0.717, 1.165) is 0 Å². The highest BCUT2D eigenvalue weighted by Crippen LogP contribution is 2.29. The molecule has 22 heavy (non-hydrogen) atoms. The minimum absolute atomic E-state index is 0.00809. The summed E-state index contributed by atoms with van der Waals surface area (Å²) in [5.41, 5.74) is 0.677. The maximum Gasteiger partial charge on any atom is 0.223 e. The van der Waals surface area contributed by atoms with E-state index in [1.54, 1.807) is 23.1 Å². The number of amides is 2. The van der Waals surface area contributed by atoms with E-state index in [1.807, 2.05) is 13.8 Å². The lowest BCUT2D eigenvalue weighted by Gasteiger charge is -2.22. The first-order valence-electron chi connectivity index (χ1n) is 7.23. The van der Waals surface area contributed by atoms with Gasteiger partial charge < -0.3 is 15.0 Å². The normalized spacial score (nSPS) is 10.5. The van der Waals surface area contributed by atoms with E-state index in [-0.39, 0.29) is 11.8 Å². The molecule has 0 saturated carbocycles. The Labute approximate surface area is 136 Å². The van der Waals surface area contributed by atoms with Gasteiger partial charge in [-0.15, -0.1) is 0 Å². The molecule has 0 radical (unpaired) electrons. The van der Waals surface area contributed by atoms with Crippen molar-refractivity contribution >= 4 is 29.1 Å². The zero-order valence-electron chi connectivity index (χ0n) is 13.5. The summed E-state index contributed by atoms with van der Waals surface area (Å²) in [4.78, 5) is 25.0. The van der Waals surface area contributed by atoms with Gasteiger partial charge in [-0.2, -0.15) is 0 Å². The summed E-state index contributed by atoms with van der Waals surface area (Å²) in [6.45, 7) is 6.24. The summed E-state index contributed by atoms with van der Waals surface area (Å²) in [7, 11) is 1.54. The van der Waals surface area contributed by atoms with Crippen molar-refractivity contribution in [3.63, 3.8) is 0 Å². The molecule has 5 nitrogen and oxygen atoms in total. The Morgan fingerprint density at radius 3 is 2.55 bits per heavy atom.